The SMILES string of the molecule is CNC1(C#N)CCCC(Sc2ccc(C(F)(F)F)cn2)C1. The topological polar surface area (TPSA) is 48.7 Å². The maximum Gasteiger partial charge on any atom is 0.417 e. The first-order chi connectivity index (χ1) is 9.88. The van der Waals surface area contributed by atoms with Crippen LogP contribution in [0.1, 0.15) is 31.2 Å². The van der Waals surface area contributed by atoms with Gasteiger partial charge in [0, 0.05) is 11.4 Å². The summed E-state index contributed by atoms with van der Waals surface area (Å²) in [5.74, 6) is 0. The van der Waals surface area contributed by atoms with E-state index in [2.05, 4.69) is 16.4 Å². The minimum atomic E-state index is -4.36. The number of pyridine rings is 1. The zero-order valence-electron chi connectivity index (χ0n) is 11.6. The molecule has 1 aromatic heterocycles. The number of hydrogen-bond donors (Lipinski definition) is 1. The predicted molar refractivity (Wildman–Crippen MR) is 74.8 cm³/mol. The summed E-state index contributed by atoms with van der Waals surface area (Å²) in [5.41, 5.74) is -1.26. The number of aromatic nitrogens is 1. The molecule has 1 saturated carbocycles. The number of alkyl halides is 3. The van der Waals surface area contributed by atoms with Crippen molar-refractivity contribution < 1.29 is 13.2 Å². The Morgan fingerprint density at radius 1 is 1.48 bits per heavy atom. The third kappa shape index (κ3) is 3.89. The molecule has 1 aromatic rings. The molecular weight excluding hydrogens is 299 g/mol. The molecule has 3 nitrogen and oxygen atoms in total. The van der Waals surface area contributed by atoms with E-state index in [-0.39, 0.29) is 5.25 Å². The van der Waals surface area contributed by atoms with Gasteiger partial charge in [-0.25, -0.2) is 4.98 Å². The monoisotopic (exact) mass is 315 g/mol. The summed E-state index contributed by atoms with van der Waals surface area (Å²) in [5, 5.41) is 13.1. The molecule has 0 saturated heterocycles. The van der Waals surface area contributed by atoms with E-state index >= 15 is 0 Å². The number of nitrogens with one attached hydrogen (secondary N) is 1. The van der Waals surface area contributed by atoms with Gasteiger partial charge in [-0.05, 0) is 44.9 Å². The van der Waals surface area contributed by atoms with Crippen LogP contribution in [-0.4, -0.2) is 22.8 Å². The molecule has 21 heavy (non-hydrogen) atoms. The van der Waals surface area contributed by atoms with E-state index in [1.807, 2.05) is 0 Å². The number of nitrogens with zero attached hydrogens (tertiary/aromatic N) is 2. The van der Waals surface area contributed by atoms with Crippen LogP contribution in [0.25, 0.3) is 0 Å². The second-order valence-corrected chi connectivity index (χ2v) is 6.48. The van der Waals surface area contributed by atoms with Gasteiger partial charge >= 0.3 is 6.18 Å². The molecule has 0 spiro atoms. The highest BCUT2D eigenvalue weighted by Gasteiger charge is 2.36. The number of thioether (sulfide) groups is 1. The summed E-state index contributed by atoms with van der Waals surface area (Å²) in [6, 6.07) is 4.77. The van der Waals surface area contributed by atoms with Gasteiger partial charge in [-0.15, -0.1) is 11.8 Å². The van der Waals surface area contributed by atoms with Gasteiger partial charge in [-0.2, -0.15) is 18.4 Å². The Kier molecular flexibility index (Phi) is 4.79. The van der Waals surface area contributed by atoms with E-state index in [0.29, 0.717) is 11.4 Å². The average Bonchev–Trinajstić information content (AvgIpc) is 2.47. The molecule has 0 amide bonds. The number of halogens is 3. The molecule has 0 bridgehead atoms. The fourth-order valence-corrected chi connectivity index (χ4v) is 3.75. The van der Waals surface area contributed by atoms with Gasteiger partial charge in [0.2, 0.25) is 0 Å². The van der Waals surface area contributed by atoms with Crippen molar-refractivity contribution in [3.8, 4) is 6.07 Å². The number of nitriles is 1. The van der Waals surface area contributed by atoms with E-state index < -0.39 is 17.3 Å². The van der Waals surface area contributed by atoms with Crippen molar-refractivity contribution in [3.63, 3.8) is 0 Å². The second kappa shape index (κ2) is 6.24. The fraction of sp³-hybridized carbons (Fsp3) is 0.571. The lowest BCUT2D eigenvalue weighted by atomic mass is 9.83. The Morgan fingerprint density at radius 3 is 2.76 bits per heavy atom. The zero-order chi connectivity index (χ0) is 15.5. The van der Waals surface area contributed by atoms with Gasteiger partial charge in [0.25, 0.3) is 0 Å². The molecule has 2 unspecified atom stereocenters. The first-order valence-electron chi connectivity index (χ1n) is 6.69. The molecule has 2 atom stereocenters. The Morgan fingerprint density at radius 2 is 2.24 bits per heavy atom. The smallest absolute Gasteiger partial charge is 0.302 e. The van der Waals surface area contributed by atoms with Gasteiger partial charge in [-0.3, -0.25) is 0 Å². The standard InChI is InChI=1S/C14H16F3N3S/c1-19-13(9-18)6-2-3-11(7-13)21-12-5-4-10(8-20-12)14(15,16)17/h4-5,8,11,19H,2-3,6-7H2,1H3. The summed E-state index contributed by atoms with van der Waals surface area (Å²) >= 11 is 1.45. The van der Waals surface area contributed by atoms with Gasteiger partial charge in [0.15, 0.2) is 0 Å². The van der Waals surface area contributed by atoms with Crippen LogP contribution in [0.15, 0.2) is 23.4 Å². The van der Waals surface area contributed by atoms with Crippen LogP contribution < -0.4 is 5.32 Å². The van der Waals surface area contributed by atoms with Gasteiger partial charge < -0.3 is 5.32 Å². The fourth-order valence-electron chi connectivity index (χ4n) is 2.50. The van der Waals surface area contributed by atoms with Crippen molar-refractivity contribution in [2.45, 2.75) is 47.7 Å². The molecular formula is C14H16F3N3S. The molecule has 2 rings (SSSR count). The van der Waals surface area contributed by atoms with Crippen molar-refractivity contribution >= 4 is 11.8 Å². The first-order valence-corrected chi connectivity index (χ1v) is 7.56. The highest BCUT2D eigenvalue weighted by Crippen LogP contribution is 2.38. The molecule has 1 aliphatic rings. The molecule has 1 fully saturated rings. The maximum atomic E-state index is 12.5. The molecule has 1 N–H and O–H groups in total. The third-order valence-corrected chi connectivity index (χ3v) is 4.97. The predicted octanol–water partition coefficient (Wildman–Crippen LogP) is 3.62. The van der Waals surface area contributed by atoms with E-state index in [1.54, 1.807) is 7.05 Å². The highest BCUT2D eigenvalue weighted by atomic mass is 32.2. The minimum Gasteiger partial charge on any atom is -0.302 e. The maximum absolute atomic E-state index is 12.5. The van der Waals surface area contributed by atoms with Crippen molar-refractivity contribution in [2.24, 2.45) is 0 Å². The van der Waals surface area contributed by atoms with Crippen LogP contribution in [-0.2, 0) is 6.18 Å². The van der Waals surface area contributed by atoms with Crippen LogP contribution in [0, 0.1) is 11.3 Å². The van der Waals surface area contributed by atoms with E-state index in [1.165, 1.54) is 17.8 Å². The Bertz CT molecular complexity index is 524. The number of hydrogen-bond acceptors (Lipinski definition) is 4. The molecule has 0 radical (unpaired) electrons. The molecule has 114 valence electrons. The second-order valence-electron chi connectivity index (χ2n) is 5.16. The average molecular weight is 315 g/mol. The van der Waals surface area contributed by atoms with Gasteiger partial charge in [0.05, 0.1) is 16.7 Å². The van der Waals surface area contributed by atoms with E-state index in [4.69, 9.17) is 0 Å². The molecule has 1 aliphatic carbocycles. The summed E-state index contributed by atoms with van der Waals surface area (Å²) in [7, 11) is 1.77. The Hall–Kier alpha value is -1.26. The third-order valence-electron chi connectivity index (χ3n) is 3.75. The van der Waals surface area contributed by atoms with E-state index in [0.717, 1.165) is 31.5 Å². The summed E-state index contributed by atoms with van der Waals surface area (Å²) in [4.78, 5) is 3.88. The quantitative estimate of drug-likeness (QED) is 0.925. The highest BCUT2D eigenvalue weighted by molar-refractivity contribution is 7.99. The first kappa shape index (κ1) is 16.1. The van der Waals surface area contributed by atoms with Crippen LogP contribution in [0.5, 0.6) is 0 Å². The molecule has 7 heteroatoms. The lowest BCUT2D eigenvalue weighted by molar-refractivity contribution is -0.137. The van der Waals surface area contributed by atoms with Gasteiger partial charge in [-0.1, -0.05) is 0 Å². The van der Waals surface area contributed by atoms with Gasteiger partial charge in [0.1, 0.15) is 5.54 Å². The summed E-state index contributed by atoms with van der Waals surface area (Å²) < 4.78 is 37.4. The van der Waals surface area contributed by atoms with Crippen LogP contribution in [0.4, 0.5) is 13.2 Å². The molecule has 1 heterocycles. The Balaban J connectivity index is 2.03. The Labute approximate surface area is 125 Å². The van der Waals surface area contributed by atoms with E-state index in [9.17, 15) is 18.4 Å². The van der Waals surface area contributed by atoms with Crippen molar-refractivity contribution in [2.75, 3.05) is 7.05 Å². The lowest BCUT2D eigenvalue weighted by Crippen LogP contribution is -2.46. The minimum absolute atomic E-state index is 0.190. The summed E-state index contributed by atoms with van der Waals surface area (Å²) in [6.45, 7) is 0. The molecule has 0 aromatic carbocycles. The lowest BCUT2D eigenvalue weighted by Gasteiger charge is -2.35. The van der Waals surface area contributed by atoms with Crippen molar-refractivity contribution in [1.82, 2.24) is 10.3 Å². The molecule has 0 aliphatic heterocycles. The van der Waals surface area contributed by atoms with Crippen LogP contribution >= 0.6 is 11.8 Å². The normalized spacial score (nSPS) is 26.3. The van der Waals surface area contributed by atoms with Crippen LogP contribution in [0.2, 0.25) is 0 Å². The van der Waals surface area contributed by atoms with Crippen molar-refractivity contribution in [3.05, 3.63) is 23.9 Å². The van der Waals surface area contributed by atoms with Crippen LogP contribution in [0.3, 0.4) is 0 Å². The zero-order valence-corrected chi connectivity index (χ0v) is 12.4. The number of rotatable bonds is 3. The van der Waals surface area contributed by atoms with Crippen molar-refractivity contribution in [1.29, 1.82) is 5.26 Å². The largest absolute Gasteiger partial charge is 0.417 e. The summed E-state index contributed by atoms with van der Waals surface area (Å²) in [6.07, 6.45) is -0.153.